The summed E-state index contributed by atoms with van der Waals surface area (Å²) in [7, 11) is 0. The molecule has 1 saturated heterocycles. The van der Waals surface area contributed by atoms with E-state index < -0.39 is 23.0 Å². The average Bonchev–Trinajstić information content (AvgIpc) is 2.48. The lowest BCUT2D eigenvalue weighted by atomic mass is 9.95. The van der Waals surface area contributed by atoms with E-state index in [-0.39, 0.29) is 32.0 Å². The summed E-state index contributed by atoms with van der Waals surface area (Å²) < 4.78 is 30.4. The highest BCUT2D eigenvalue weighted by atomic mass is 35.5. The Bertz CT molecular complexity index is 262. The van der Waals surface area contributed by atoms with Gasteiger partial charge in [-0.1, -0.05) is 0 Å². The molecule has 2 atom stereocenters. The number of carbonyl (C=O) groups is 1. The molecule has 0 aromatic rings. The molecule has 1 rings (SSSR count). The molecule has 0 spiro atoms. The molecule has 96 valence electrons. The third-order valence-corrected chi connectivity index (χ3v) is 2.67. The number of esters is 1. The van der Waals surface area contributed by atoms with E-state index in [9.17, 15) is 18.7 Å². The number of rotatable bonds is 3. The first-order valence-corrected chi connectivity index (χ1v) is 4.90. The third kappa shape index (κ3) is 2.74. The lowest BCUT2D eigenvalue weighted by Crippen LogP contribution is -2.57. The minimum absolute atomic E-state index is 0. The van der Waals surface area contributed by atoms with Crippen LogP contribution in [-0.2, 0) is 9.53 Å². The van der Waals surface area contributed by atoms with Crippen molar-refractivity contribution in [2.45, 2.75) is 30.4 Å². The van der Waals surface area contributed by atoms with Crippen LogP contribution >= 0.6 is 24.0 Å². The molecular formula is C8H13Cl2F2NO3. The zero-order chi connectivity index (χ0) is 11.7. The molecule has 0 bridgehead atoms. The SMILES string of the molecule is CCOC(=O)[C@H]1NCC[C@@]1(O)C(F)(F)Cl.Cl. The number of ether oxygens (including phenoxy) is 1. The fourth-order valence-corrected chi connectivity index (χ4v) is 1.73. The number of aliphatic hydroxyl groups is 1. The van der Waals surface area contributed by atoms with Crippen LogP contribution in [0.2, 0.25) is 0 Å². The summed E-state index contributed by atoms with van der Waals surface area (Å²) in [4.78, 5) is 11.3. The van der Waals surface area contributed by atoms with Crippen molar-refractivity contribution in [1.29, 1.82) is 0 Å². The highest BCUT2D eigenvalue weighted by molar-refractivity contribution is 6.22. The van der Waals surface area contributed by atoms with Gasteiger partial charge in [-0.2, -0.15) is 8.78 Å². The maximum atomic E-state index is 12.9. The quantitative estimate of drug-likeness (QED) is 0.595. The second-order valence-corrected chi connectivity index (χ2v) is 3.79. The Kier molecular flexibility index (Phi) is 5.38. The molecule has 1 fully saturated rings. The molecule has 0 saturated carbocycles. The summed E-state index contributed by atoms with van der Waals surface area (Å²) in [6.07, 6.45) is -0.299. The van der Waals surface area contributed by atoms with Gasteiger partial charge in [0.15, 0.2) is 5.60 Å². The van der Waals surface area contributed by atoms with Gasteiger partial charge in [-0.3, -0.25) is 4.79 Å². The molecule has 0 amide bonds. The van der Waals surface area contributed by atoms with Gasteiger partial charge >= 0.3 is 11.4 Å². The van der Waals surface area contributed by atoms with Crippen LogP contribution in [0, 0.1) is 0 Å². The van der Waals surface area contributed by atoms with Gasteiger partial charge in [0.05, 0.1) is 6.61 Å². The van der Waals surface area contributed by atoms with Crippen molar-refractivity contribution < 1.29 is 23.4 Å². The van der Waals surface area contributed by atoms with Crippen LogP contribution in [0.5, 0.6) is 0 Å². The van der Waals surface area contributed by atoms with E-state index in [1.165, 1.54) is 0 Å². The monoisotopic (exact) mass is 279 g/mol. The summed E-state index contributed by atoms with van der Waals surface area (Å²) in [5, 5.41) is 8.22. The molecule has 0 radical (unpaired) electrons. The molecule has 4 nitrogen and oxygen atoms in total. The minimum atomic E-state index is -3.87. The lowest BCUT2D eigenvalue weighted by Gasteiger charge is -2.31. The summed E-state index contributed by atoms with van der Waals surface area (Å²) >= 11 is 4.79. The van der Waals surface area contributed by atoms with Gasteiger partial charge in [-0.15, -0.1) is 12.4 Å². The normalized spacial score (nSPS) is 29.7. The van der Waals surface area contributed by atoms with Crippen LogP contribution < -0.4 is 5.32 Å². The predicted octanol–water partition coefficient (Wildman–Crippen LogP) is 0.896. The lowest BCUT2D eigenvalue weighted by molar-refractivity contribution is -0.168. The van der Waals surface area contributed by atoms with E-state index in [0.29, 0.717) is 0 Å². The number of alkyl halides is 3. The highest BCUT2D eigenvalue weighted by Gasteiger charge is 2.61. The topological polar surface area (TPSA) is 58.6 Å². The predicted molar refractivity (Wildman–Crippen MR) is 56.0 cm³/mol. The molecule has 0 aromatic heterocycles. The summed E-state index contributed by atoms with van der Waals surface area (Å²) in [6.45, 7) is 1.69. The Hall–Kier alpha value is -0.170. The third-order valence-electron chi connectivity index (χ3n) is 2.35. The van der Waals surface area contributed by atoms with Crippen molar-refractivity contribution in [3.05, 3.63) is 0 Å². The van der Waals surface area contributed by atoms with Crippen molar-refractivity contribution in [3.8, 4) is 0 Å². The van der Waals surface area contributed by atoms with E-state index in [4.69, 9.17) is 11.6 Å². The zero-order valence-electron chi connectivity index (χ0n) is 8.50. The van der Waals surface area contributed by atoms with Crippen molar-refractivity contribution in [2.24, 2.45) is 0 Å². The fraction of sp³-hybridized carbons (Fsp3) is 0.875. The molecule has 1 heterocycles. The van der Waals surface area contributed by atoms with Crippen LogP contribution in [0.15, 0.2) is 0 Å². The molecule has 0 aromatic carbocycles. The van der Waals surface area contributed by atoms with E-state index in [0.717, 1.165) is 0 Å². The standard InChI is InChI=1S/C8H12ClF2NO3.ClH/c1-2-15-6(13)5-7(14,3-4-12-5)8(9,10)11;/h5,12,14H,2-4H2,1H3;1H/t5-,7+;/m1./s1. The maximum absolute atomic E-state index is 12.9. The van der Waals surface area contributed by atoms with Crippen molar-refractivity contribution in [1.82, 2.24) is 5.32 Å². The van der Waals surface area contributed by atoms with Gasteiger partial charge in [0.25, 0.3) is 0 Å². The first-order valence-electron chi connectivity index (χ1n) is 4.52. The molecule has 0 aliphatic carbocycles. The van der Waals surface area contributed by atoms with Gasteiger partial charge in [-0.25, -0.2) is 0 Å². The van der Waals surface area contributed by atoms with Gasteiger partial charge in [0.2, 0.25) is 0 Å². The van der Waals surface area contributed by atoms with Crippen LogP contribution in [0.25, 0.3) is 0 Å². The average molecular weight is 280 g/mol. The zero-order valence-corrected chi connectivity index (χ0v) is 10.1. The van der Waals surface area contributed by atoms with Crippen molar-refractivity contribution in [2.75, 3.05) is 13.2 Å². The summed E-state index contributed by atoms with van der Waals surface area (Å²) in [6, 6.07) is -1.48. The van der Waals surface area contributed by atoms with E-state index in [1.54, 1.807) is 6.92 Å². The summed E-state index contributed by atoms with van der Waals surface area (Å²) in [5.41, 5.74) is -2.58. The number of hydrogen-bond acceptors (Lipinski definition) is 4. The maximum Gasteiger partial charge on any atom is 0.352 e. The Labute approximate surface area is 103 Å². The minimum Gasteiger partial charge on any atom is -0.465 e. The Morgan fingerprint density at radius 1 is 1.75 bits per heavy atom. The van der Waals surface area contributed by atoms with Crippen LogP contribution in [0.1, 0.15) is 13.3 Å². The van der Waals surface area contributed by atoms with Crippen LogP contribution in [0.4, 0.5) is 8.78 Å². The first kappa shape index (κ1) is 15.8. The van der Waals surface area contributed by atoms with Gasteiger partial charge in [0, 0.05) is 0 Å². The smallest absolute Gasteiger partial charge is 0.352 e. The summed E-state index contributed by atoms with van der Waals surface area (Å²) in [5.74, 6) is -0.919. The Morgan fingerprint density at radius 2 is 2.31 bits per heavy atom. The van der Waals surface area contributed by atoms with Crippen molar-refractivity contribution >= 4 is 30.0 Å². The molecule has 1 aliphatic heterocycles. The number of halogens is 4. The van der Waals surface area contributed by atoms with E-state index >= 15 is 0 Å². The molecule has 2 N–H and O–H groups in total. The molecular weight excluding hydrogens is 267 g/mol. The Balaban J connectivity index is 0.00000225. The number of nitrogens with one attached hydrogen (secondary N) is 1. The molecule has 8 heteroatoms. The van der Waals surface area contributed by atoms with Crippen LogP contribution in [0.3, 0.4) is 0 Å². The van der Waals surface area contributed by atoms with Gasteiger partial charge < -0.3 is 15.2 Å². The fourth-order valence-electron chi connectivity index (χ4n) is 1.53. The Morgan fingerprint density at radius 3 is 2.75 bits per heavy atom. The molecule has 1 aliphatic rings. The second-order valence-electron chi connectivity index (χ2n) is 3.31. The first-order chi connectivity index (χ1) is 6.83. The molecule has 0 unspecified atom stereocenters. The van der Waals surface area contributed by atoms with E-state index in [1.807, 2.05) is 0 Å². The van der Waals surface area contributed by atoms with Gasteiger partial charge in [-0.05, 0) is 31.5 Å². The van der Waals surface area contributed by atoms with E-state index in [2.05, 4.69) is 10.1 Å². The second kappa shape index (κ2) is 5.44. The van der Waals surface area contributed by atoms with Gasteiger partial charge in [0.1, 0.15) is 6.04 Å². The largest absolute Gasteiger partial charge is 0.465 e. The van der Waals surface area contributed by atoms with Crippen LogP contribution in [-0.4, -0.2) is 41.3 Å². The molecule has 16 heavy (non-hydrogen) atoms. The number of carbonyl (C=O) groups excluding carboxylic acids is 1. The number of hydrogen-bond donors (Lipinski definition) is 2. The highest BCUT2D eigenvalue weighted by Crippen LogP contribution is 2.40. The van der Waals surface area contributed by atoms with Crippen molar-refractivity contribution in [3.63, 3.8) is 0 Å².